The summed E-state index contributed by atoms with van der Waals surface area (Å²) in [4.78, 5) is 0. The van der Waals surface area contributed by atoms with Gasteiger partial charge in [-0.05, 0) is 48.0 Å². The van der Waals surface area contributed by atoms with Gasteiger partial charge in [0.2, 0.25) is 0 Å². The largest absolute Gasteiger partial charge is 0.492 e. The predicted octanol–water partition coefficient (Wildman–Crippen LogP) is 5.99. The molecule has 0 aromatic heterocycles. The van der Waals surface area contributed by atoms with Crippen molar-refractivity contribution in [3.63, 3.8) is 0 Å². The van der Waals surface area contributed by atoms with Crippen LogP contribution in [-0.2, 0) is 4.74 Å². The van der Waals surface area contributed by atoms with Crippen LogP contribution in [0.1, 0.15) is 20.3 Å². The molecule has 0 aliphatic heterocycles. The maximum Gasteiger partial charge on any atom is 0.133 e. The number of benzene rings is 1. The second kappa shape index (κ2) is 9.85. The molecule has 0 amide bonds. The minimum Gasteiger partial charge on any atom is -0.492 e. The molecule has 0 bridgehead atoms. The van der Waals surface area contributed by atoms with E-state index in [4.69, 9.17) is 9.47 Å². The van der Waals surface area contributed by atoms with Crippen molar-refractivity contribution in [2.45, 2.75) is 26.4 Å². The van der Waals surface area contributed by atoms with E-state index in [0.717, 1.165) is 26.9 Å². The summed E-state index contributed by atoms with van der Waals surface area (Å²) in [7, 11) is 0. The van der Waals surface area contributed by atoms with Crippen LogP contribution in [0, 0.1) is 0 Å². The summed E-state index contributed by atoms with van der Waals surface area (Å²) >= 11 is 6.91. The molecule has 1 atom stereocenters. The first-order valence-corrected chi connectivity index (χ1v) is 8.32. The highest BCUT2D eigenvalue weighted by Gasteiger charge is 2.07. The van der Waals surface area contributed by atoms with E-state index in [-0.39, 0.29) is 6.10 Å². The third kappa shape index (κ3) is 7.00. The van der Waals surface area contributed by atoms with Gasteiger partial charge in [-0.3, -0.25) is 0 Å². The molecule has 2 nitrogen and oxygen atoms in total. The average Bonchev–Trinajstić information content (AvgIpc) is 2.45. The van der Waals surface area contributed by atoms with Crippen LogP contribution < -0.4 is 4.74 Å². The number of rotatable bonds is 8. The first-order chi connectivity index (χ1) is 10.0. The van der Waals surface area contributed by atoms with Crippen LogP contribution in [0.3, 0.4) is 0 Å². The van der Waals surface area contributed by atoms with E-state index in [1.54, 1.807) is 6.08 Å². The van der Waals surface area contributed by atoms with Gasteiger partial charge in [-0.15, -0.1) is 0 Å². The molecule has 0 heterocycles. The Morgan fingerprint density at radius 3 is 2.71 bits per heavy atom. The number of hydrogen-bond acceptors (Lipinski definition) is 2. The molecule has 0 saturated heterocycles. The van der Waals surface area contributed by atoms with Gasteiger partial charge in [-0.1, -0.05) is 46.8 Å². The van der Waals surface area contributed by atoms with Crippen LogP contribution in [0.15, 0.2) is 63.8 Å². The monoisotopic (exact) mass is 414 g/mol. The Labute approximate surface area is 143 Å². The Morgan fingerprint density at radius 2 is 2.10 bits per heavy atom. The molecule has 0 radical (unpaired) electrons. The minimum absolute atomic E-state index is 0.0597. The third-order valence-electron chi connectivity index (χ3n) is 2.67. The van der Waals surface area contributed by atoms with Gasteiger partial charge in [0.25, 0.3) is 0 Å². The second-order valence-corrected chi connectivity index (χ2v) is 6.53. The van der Waals surface area contributed by atoms with Crippen LogP contribution in [0.5, 0.6) is 5.75 Å². The van der Waals surface area contributed by atoms with Crippen LogP contribution in [0.4, 0.5) is 0 Å². The Bertz CT molecular complexity index is 517. The minimum atomic E-state index is 0.0597. The highest BCUT2D eigenvalue weighted by atomic mass is 79.9. The third-order valence-corrected chi connectivity index (χ3v) is 3.72. The van der Waals surface area contributed by atoms with Crippen molar-refractivity contribution in [3.05, 3.63) is 63.8 Å². The molecule has 1 aromatic carbocycles. The zero-order valence-electron chi connectivity index (χ0n) is 12.3. The molecule has 0 unspecified atom stereocenters. The first-order valence-electron chi connectivity index (χ1n) is 6.74. The van der Waals surface area contributed by atoms with Gasteiger partial charge >= 0.3 is 0 Å². The summed E-state index contributed by atoms with van der Waals surface area (Å²) in [5.74, 6) is 1.66. The van der Waals surface area contributed by atoms with Crippen LogP contribution in [0.25, 0.3) is 0 Å². The highest BCUT2D eigenvalue weighted by Crippen LogP contribution is 2.24. The quantitative estimate of drug-likeness (QED) is 0.383. The zero-order chi connectivity index (χ0) is 15.7. The Hall–Kier alpha value is -1.000. The van der Waals surface area contributed by atoms with E-state index in [2.05, 4.69) is 38.4 Å². The van der Waals surface area contributed by atoms with Gasteiger partial charge in [-0.25, -0.2) is 0 Å². The molecule has 0 aliphatic rings. The standard InChI is InChI=1S/C17H20Br2O2/c1-4-5-9-16(14(3)18)21-13(2)11-12-20-17-10-7-6-8-15(17)19/h4-10,13H,1,11-12H2,2-3H3/b9-5-,16-14-/t13-/m0/s1. The lowest BCUT2D eigenvalue weighted by Gasteiger charge is -2.17. The van der Waals surface area contributed by atoms with Crippen LogP contribution >= 0.6 is 31.9 Å². The van der Waals surface area contributed by atoms with E-state index in [1.165, 1.54) is 0 Å². The normalized spacial score (nSPS) is 13.7. The predicted molar refractivity (Wildman–Crippen MR) is 95.8 cm³/mol. The number of hydrogen-bond donors (Lipinski definition) is 0. The Kier molecular flexibility index (Phi) is 8.47. The highest BCUT2D eigenvalue weighted by molar-refractivity contribution is 9.11. The summed E-state index contributed by atoms with van der Waals surface area (Å²) < 4.78 is 13.6. The molecule has 0 spiro atoms. The molecular weight excluding hydrogens is 396 g/mol. The van der Waals surface area contributed by atoms with E-state index < -0.39 is 0 Å². The second-order valence-electron chi connectivity index (χ2n) is 4.49. The molecule has 4 heteroatoms. The molecule has 0 aliphatic carbocycles. The summed E-state index contributed by atoms with van der Waals surface area (Å²) in [6.45, 7) is 8.24. The topological polar surface area (TPSA) is 18.5 Å². The van der Waals surface area contributed by atoms with Crippen molar-refractivity contribution in [2.75, 3.05) is 6.61 Å². The van der Waals surface area contributed by atoms with Crippen molar-refractivity contribution in [1.29, 1.82) is 0 Å². The van der Waals surface area contributed by atoms with Gasteiger partial charge in [0.1, 0.15) is 11.5 Å². The van der Waals surface area contributed by atoms with Crippen molar-refractivity contribution in [3.8, 4) is 5.75 Å². The number of allylic oxidation sites excluding steroid dienone is 4. The summed E-state index contributed by atoms with van der Waals surface area (Å²) in [6, 6.07) is 7.82. The number of para-hydroxylation sites is 1. The van der Waals surface area contributed by atoms with Gasteiger partial charge in [-0.2, -0.15) is 0 Å². The molecule has 0 saturated carbocycles. The van der Waals surface area contributed by atoms with Crippen LogP contribution in [-0.4, -0.2) is 12.7 Å². The lowest BCUT2D eigenvalue weighted by Crippen LogP contribution is -2.12. The van der Waals surface area contributed by atoms with Crippen molar-refractivity contribution < 1.29 is 9.47 Å². The van der Waals surface area contributed by atoms with E-state index in [9.17, 15) is 0 Å². The maximum absolute atomic E-state index is 5.89. The van der Waals surface area contributed by atoms with Gasteiger partial charge in [0.05, 0.1) is 17.2 Å². The average molecular weight is 416 g/mol. The van der Waals surface area contributed by atoms with E-state index in [1.807, 2.05) is 50.3 Å². The lowest BCUT2D eigenvalue weighted by molar-refractivity contribution is 0.114. The first kappa shape index (κ1) is 18.1. The van der Waals surface area contributed by atoms with Crippen molar-refractivity contribution >= 4 is 31.9 Å². The van der Waals surface area contributed by atoms with Crippen molar-refractivity contribution in [2.24, 2.45) is 0 Å². The van der Waals surface area contributed by atoms with Gasteiger partial charge in [0.15, 0.2) is 0 Å². The van der Waals surface area contributed by atoms with Crippen molar-refractivity contribution in [1.82, 2.24) is 0 Å². The molecule has 1 rings (SSSR count). The number of halogens is 2. The molecule has 114 valence electrons. The molecule has 21 heavy (non-hydrogen) atoms. The van der Waals surface area contributed by atoms with Gasteiger partial charge in [0, 0.05) is 10.9 Å². The summed E-state index contributed by atoms with van der Waals surface area (Å²) in [6.07, 6.45) is 6.32. The fourth-order valence-corrected chi connectivity index (χ4v) is 2.19. The van der Waals surface area contributed by atoms with E-state index >= 15 is 0 Å². The fraction of sp³-hybridized carbons (Fsp3) is 0.294. The molecule has 0 fully saturated rings. The molecule has 1 aromatic rings. The smallest absolute Gasteiger partial charge is 0.133 e. The van der Waals surface area contributed by atoms with Gasteiger partial charge < -0.3 is 9.47 Å². The fourth-order valence-electron chi connectivity index (χ4n) is 1.56. The Balaban J connectivity index is 2.45. The SMILES string of the molecule is C=C/C=C\C(O[C@@H](C)CCOc1ccccc1Br)=C(/C)Br. The van der Waals surface area contributed by atoms with E-state index in [0.29, 0.717) is 6.61 Å². The zero-order valence-corrected chi connectivity index (χ0v) is 15.5. The number of ether oxygens (including phenoxy) is 2. The summed E-state index contributed by atoms with van der Waals surface area (Å²) in [5, 5.41) is 0. The lowest BCUT2D eigenvalue weighted by atomic mass is 10.3. The molecular formula is C17H20Br2O2. The molecule has 0 N–H and O–H groups in total. The maximum atomic E-state index is 5.89. The Morgan fingerprint density at radius 1 is 1.38 bits per heavy atom. The van der Waals surface area contributed by atoms with Crippen LogP contribution in [0.2, 0.25) is 0 Å². The summed E-state index contributed by atoms with van der Waals surface area (Å²) in [5.41, 5.74) is 0.